The molecule has 6 nitrogen and oxygen atoms in total. The summed E-state index contributed by atoms with van der Waals surface area (Å²) < 4.78 is 15.9. The first-order chi connectivity index (χ1) is 8.88. The molecule has 1 aromatic rings. The van der Waals surface area contributed by atoms with Gasteiger partial charge in [0.25, 0.3) is 0 Å². The highest BCUT2D eigenvalue weighted by Gasteiger charge is 2.13. The molecule has 2 rings (SSSR count). The van der Waals surface area contributed by atoms with Crippen LogP contribution >= 0.6 is 0 Å². The molecular formula is C12H21N3O3. The number of nitrogens with zero attached hydrogens (tertiary/aromatic N) is 2. The van der Waals surface area contributed by atoms with Gasteiger partial charge in [0.1, 0.15) is 0 Å². The van der Waals surface area contributed by atoms with Crippen LogP contribution in [0.25, 0.3) is 0 Å². The normalized spacial score (nSPS) is 17.2. The third-order valence-electron chi connectivity index (χ3n) is 3.00. The van der Waals surface area contributed by atoms with Gasteiger partial charge in [0.15, 0.2) is 5.82 Å². The van der Waals surface area contributed by atoms with Crippen molar-refractivity contribution in [2.45, 2.75) is 31.8 Å². The Morgan fingerprint density at radius 3 is 2.89 bits per heavy atom. The summed E-state index contributed by atoms with van der Waals surface area (Å²) in [6.07, 6.45) is 3.92. The number of nitrogens with one attached hydrogen (secondary N) is 1. The number of hydrogen-bond acceptors (Lipinski definition) is 6. The molecule has 0 saturated carbocycles. The van der Waals surface area contributed by atoms with Crippen molar-refractivity contribution in [2.75, 3.05) is 33.4 Å². The lowest BCUT2D eigenvalue weighted by Gasteiger charge is -2.22. The van der Waals surface area contributed by atoms with Gasteiger partial charge < -0.3 is 19.3 Å². The fraction of sp³-hybridized carbons (Fsp3) is 0.833. The van der Waals surface area contributed by atoms with E-state index in [0.717, 1.165) is 25.9 Å². The van der Waals surface area contributed by atoms with Crippen LogP contribution in [0.15, 0.2) is 4.52 Å². The van der Waals surface area contributed by atoms with E-state index < -0.39 is 0 Å². The molecule has 0 unspecified atom stereocenters. The Hall–Kier alpha value is -0.980. The molecule has 0 amide bonds. The zero-order valence-electron chi connectivity index (χ0n) is 10.9. The molecule has 2 heterocycles. The Bertz CT molecular complexity index is 337. The van der Waals surface area contributed by atoms with Crippen molar-refractivity contribution in [2.24, 2.45) is 0 Å². The van der Waals surface area contributed by atoms with Crippen molar-refractivity contribution in [1.82, 2.24) is 15.5 Å². The Morgan fingerprint density at radius 1 is 1.28 bits per heavy atom. The van der Waals surface area contributed by atoms with Crippen molar-refractivity contribution in [3.05, 3.63) is 11.7 Å². The van der Waals surface area contributed by atoms with Gasteiger partial charge in [0.2, 0.25) is 5.89 Å². The summed E-state index contributed by atoms with van der Waals surface area (Å²) in [5.74, 6) is 1.35. The summed E-state index contributed by atoms with van der Waals surface area (Å²) in [5, 5.41) is 7.20. The average molecular weight is 255 g/mol. The molecule has 18 heavy (non-hydrogen) atoms. The van der Waals surface area contributed by atoms with Crippen LogP contribution in [-0.4, -0.2) is 49.7 Å². The highest BCUT2D eigenvalue weighted by molar-refractivity contribution is 4.86. The van der Waals surface area contributed by atoms with Gasteiger partial charge in [-0.2, -0.15) is 4.98 Å². The molecule has 0 aromatic carbocycles. The Labute approximate surface area is 107 Å². The van der Waals surface area contributed by atoms with E-state index in [1.165, 1.54) is 0 Å². The minimum absolute atomic E-state index is 0.377. The van der Waals surface area contributed by atoms with Crippen LogP contribution in [0.4, 0.5) is 0 Å². The fourth-order valence-corrected chi connectivity index (χ4v) is 1.96. The van der Waals surface area contributed by atoms with Crippen LogP contribution in [0.2, 0.25) is 0 Å². The number of piperidine rings is 1. The molecule has 102 valence electrons. The molecule has 0 aliphatic carbocycles. The SMILES string of the molecule is COCCc1noc(CCOC2CCNCC2)n1. The van der Waals surface area contributed by atoms with E-state index in [9.17, 15) is 0 Å². The molecule has 0 radical (unpaired) electrons. The minimum atomic E-state index is 0.377. The molecule has 1 aliphatic heterocycles. The summed E-state index contributed by atoms with van der Waals surface area (Å²) in [4.78, 5) is 4.28. The second-order valence-electron chi connectivity index (χ2n) is 4.42. The molecule has 1 aromatic heterocycles. The molecule has 1 aliphatic rings. The lowest BCUT2D eigenvalue weighted by molar-refractivity contribution is 0.0322. The van der Waals surface area contributed by atoms with Gasteiger partial charge in [-0.15, -0.1) is 0 Å². The molecule has 6 heteroatoms. The number of methoxy groups -OCH3 is 1. The highest BCUT2D eigenvalue weighted by atomic mass is 16.5. The minimum Gasteiger partial charge on any atom is -0.384 e. The summed E-state index contributed by atoms with van der Waals surface area (Å²) >= 11 is 0. The second-order valence-corrected chi connectivity index (χ2v) is 4.42. The fourth-order valence-electron chi connectivity index (χ4n) is 1.96. The summed E-state index contributed by atoms with van der Waals surface area (Å²) in [6, 6.07) is 0. The Kier molecular flexibility index (Phi) is 5.57. The van der Waals surface area contributed by atoms with E-state index in [0.29, 0.717) is 43.9 Å². The maximum absolute atomic E-state index is 5.78. The number of rotatable bonds is 7. The van der Waals surface area contributed by atoms with E-state index >= 15 is 0 Å². The van der Waals surface area contributed by atoms with Gasteiger partial charge in [-0.25, -0.2) is 0 Å². The molecular weight excluding hydrogens is 234 g/mol. The molecule has 0 spiro atoms. The van der Waals surface area contributed by atoms with Crippen molar-refractivity contribution >= 4 is 0 Å². The lowest BCUT2D eigenvalue weighted by atomic mass is 10.1. The number of hydrogen-bond donors (Lipinski definition) is 1. The Morgan fingerprint density at radius 2 is 2.11 bits per heavy atom. The Balaban J connectivity index is 1.64. The van der Waals surface area contributed by atoms with Gasteiger partial charge in [-0.3, -0.25) is 0 Å². The second kappa shape index (κ2) is 7.45. The third-order valence-corrected chi connectivity index (χ3v) is 3.00. The summed E-state index contributed by atoms with van der Waals surface area (Å²) in [5.41, 5.74) is 0. The van der Waals surface area contributed by atoms with Gasteiger partial charge in [-0.05, 0) is 25.9 Å². The van der Waals surface area contributed by atoms with Crippen molar-refractivity contribution < 1.29 is 14.0 Å². The standard InChI is InChI=1S/C12H21N3O3/c1-16-8-4-11-14-12(18-15-11)5-9-17-10-2-6-13-7-3-10/h10,13H,2-9H2,1H3. The lowest BCUT2D eigenvalue weighted by Crippen LogP contribution is -2.32. The zero-order valence-corrected chi connectivity index (χ0v) is 10.9. The molecule has 0 bridgehead atoms. The van der Waals surface area contributed by atoms with E-state index in [2.05, 4.69) is 15.5 Å². The maximum Gasteiger partial charge on any atom is 0.228 e. The average Bonchev–Trinajstić information content (AvgIpc) is 2.85. The first kappa shape index (κ1) is 13.5. The van der Waals surface area contributed by atoms with E-state index in [1.807, 2.05) is 0 Å². The summed E-state index contributed by atoms with van der Waals surface area (Å²) in [6.45, 7) is 3.36. The van der Waals surface area contributed by atoms with Crippen LogP contribution in [0.3, 0.4) is 0 Å². The van der Waals surface area contributed by atoms with Crippen LogP contribution < -0.4 is 5.32 Å². The topological polar surface area (TPSA) is 69.4 Å². The first-order valence-corrected chi connectivity index (χ1v) is 6.51. The van der Waals surface area contributed by atoms with E-state index in [-0.39, 0.29) is 0 Å². The smallest absolute Gasteiger partial charge is 0.228 e. The maximum atomic E-state index is 5.78. The van der Waals surface area contributed by atoms with E-state index in [1.54, 1.807) is 7.11 Å². The summed E-state index contributed by atoms with van der Waals surface area (Å²) in [7, 11) is 1.66. The van der Waals surface area contributed by atoms with Gasteiger partial charge in [-0.1, -0.05) is 5.16 Å². The van der Waals surface area contributed by atoms with Gasteiger partial charge >= 0.3 is 0 Å². The number of ether oxygens (including phenoxy) is 2. The predicted molar refractivity (Wildman–Crippen MR) is 65.4 cm³/mol. The van der Waals surface area contributed by atoms with E-state index in [4.69, 9.17) is 14.0 Å². The van der Waals surface area contributed by atoms with Crippen LogP contribution in [0.5, 0.6) is 0 Å². The van der Waals surface area contributed by atoms with Crippen molar-refractivity contribution in [1.29, 1.82) is 0 Å². The van der Waals surface area contributed by atoms with Gasteiger partial charge in [0, 0.05) is 13.5 Å². The third kappa shape index (κ3) is 4.36. The molecule has 1 fully saturated rings. The first-order valence-electron chi connectivity index (χ1n) is 6.51. The predicted octanol–water partition coefficient (Wildman–Crippen LogP) is 0.570. The highest BCUT2D eigenvalue weighted by Crippen LogP contribution is 2.08. The number of aromatic nitrogens is 2. The monoisotopic (exact) mass is 255 g/mol. The molecule has 1 saturated heterocycles. The zero-order chi connectivity index (χ0) is 12.6. The van der Waals surface area contributed by atoms with Crippen molar-refractivity contribution in [3.8, 4) is 0 Å². The van der Waals surface area contributed by atoms with Gasteiger partial charge in [0.05, 0.1) is 25.7 Å². The quantitative estimate of drug-likeness (QED) is 0.768. The van der Waals surface area contributed by atoms with Crippen LogP contribution in [-0.2, 0) is 22.3 Å². The largest absolute Gasteiger partial charge is 0.384 e. The molecule has 1 N–H and O–H groups in total. The molecule has 0 atom stereocenters. The van der Waals surface area contributed by atoms with Crippen molar-refractivity contribution in [3.63, 3.8) is 0 Å². The van der Waals surface area contributed by atoms with Crippen LogP contribution in [0, 0.1) is 0 Å². The van der Waals surface area contributed by atoms with Crippen LogP contribution in [0.1, 0.15) is 24.6 Å².